The lowest BCUT2D eigenvalue weighted by Crippen LogP contribution is -2.49. The highest BCUT2D eigenvalue weighted by molar-refractivity contribution is 7.90. The Morgan fingerprint density at radius 1 is 1.42 bits per heavy atom. The van der Waals surface area contributed by atoms with Gasteiger partial charge in [-0.25, -0.2) is 8.42 Å². The summed E-state index contributed by atoms with van der Waals surface area (Å²) < 4.78 is 22.4. The van der Waals surface area contributed by atoms with Crippen LogP contribution in [-0.4, -0.2) is 57.9 Å². The van der Waals surface area contributed by atoms with Crippen LogP contribution in [0.4, 0.5) is 0 Å². The Balaban J connectivity index is 2.05. The molecule has 1 saturated carbocycles. The number of hydrogen-bond donors (Lipinski definition) is 1. The fraction of sp³-hybridized carbons (Fsp3) is 0.923. The van der Waals surface area contributed by atoms with Crippen LogP contribution in [0.3, 0.4) is 0 Å². The lowest BCUT2D eigenvalue weighted by molar-refractivity contribution is -0.143. The number of amides is 1. The second-order valence-electron chi connectivity index (χ2n) is 6.09. The largest absolute Gasteiger partial charge is 0.344 e. The van der Waals surface area contributed by atoms with E-state index in [1.807, 2.05) is 0 Å². The average molecular weight is 288 g/mol. The minimum atomic E-state index is -3.02. The van der Waals surface area contributed by atoms with Gasteiger partial charge >= 0.3 is 0 Å². The molecule has 2 rings (SSSR count). The number of fused-ring (bicyclic) bond motifs is 1. The Morgan fingerprint density at radius 2 is 2.16 bits per heavy atom. The second-order valence-corrected chi connectivity index (χ2v) is 8.35. The van der Waals surface area contributed by atoms with Crippen molar-refractivity contribution in [3.05, 3.63) is 0 Å². The maximum Gasteiger partial charge on any atom is 0.230 e. The van der Waals surface area contributed by atoms with Crippen LogP contribution in [0, 0.1) is 11.3 Å². The molecule has 0 radical (unpaired) electrons. The van der Waals surface area contributed by atoms with Crippen molar-refractivity contribution in [2.75, 3.05) is 38.7 Å². The fourth-order valence-electron chi connectivity index (χ4n) is 3.45. The monoisotopic (exact) mass is 288 g/mol. The van der Waals surface area contributed by atoms with Crippen molar-refractivity contribution in [3.8, 4) is 0 Å². The molecular formula is C13H24N2O3S. The molecule has 2 aliphatic rings. The molecule has 110 valence electrons. The van der Waals surface area contributed by atoms with Gasteiger partial charge in [0, 0.05) is 26.4 Å². The van der Waals surface area contributed by atoms with Gasteiger partial charge in [0.15, 0.2) is 0 Å². The summed E-state index contributed by atoms with van der Waals surface area (Å²) in [7, 11) is -1.29. The molecule has 1 aliphatic heterocycles. The summed E-state index contributed by atoms with van der Waals surface area (Å²) >= 11 is 0. The third-order valence-corrected chi connectivity index (χ3v) is 5.53. The van der Waals surface area contributed by atoms with Crippen LogP contribution in [0.25, 0.3) is 0 Å². The van der Waals surface area contributed by atoms with Crippen LogP contribution in [0.1, 0.15) is 25.7 Å². The van der Waals surface area contributed by atoms with E-state index in [1.165, 1.54) is 12.7 Å². The molecule has 6 heteroatoms. The molecule has 1 heterocycles. The summed E-state index contributed by atoms with van der Waals surface area (Å²) in [4.78, 5) is 14.3. The Hall–Kier alpha value is -0.620. The summed E-state index contributed by atoms with van der Waals surface area (Å²) in [6, 6.07) is 0. The molecule has 1 N–H and O–H groups in total. The Bertz CT molecular complexity index is 449. The van der Waals surface area contributed by atoms with Crippen LogP contribution < -0.4 is 5.32 Å². The van der Waals surface area contributed by atoms with Gasteiger partial charge in [0.25, 0.3) is 0 Å². The minimum absolute atomic E-state index is 0.0451. The predicted octanol–water partition coefficient (Wildman–Crippen LogP) is 0.269. The van der Waals surface area contributed by atoms with Crippen LogP contribution in [0.5, 0.6) is 0 Å². The molecule has 2 fully saturated rings. The highest BCUT2D eigenvalue weighted by Crippen LogP contribution is 2.44. The third kappa shape index (κ3) is 3.11. The average Bonchev–Trinajstić information content (AvgIpc) is 2.78. The minimum Gasteiger partial charge on any atom is -0.344 e. The van der Waals surface area contributed by atoms with Crippen molar-refractivity contribution < 1.29 is 13.2 Å². The quantitative estimate of drug-likeness (QED) is 0.806. The van der Waals surface area contributed by atoms with Crippen molar-refractivity contribution in [1.29, 1.82) is 0 Å². The van der Waals surface area contributed by atoms with Crippen LogP contribution in [0.15, 0.2) is 0 Å². The first kappa shape index (κ1) is 14.8. The SMILES string of the molecule is CN(CCS(C)(=O)=O)C(=O)[C@@]12CCCC[C@H]1CNC2. The van der Waals surface area contributed by atoms with E-state index in [4.69, 9.17) is 0 Å². The van der Waals surface area contributed by atoms with E-state index in [9.17, 15) is 13.2 Å². The zero-order valence-corrected chi connectivity index (χ0v) is 12.6. The molecule has 0 aromatic rings. The van der Waals surface area contributed by atoms with Crippen LogP contribution >= 0.6 is 0 Å². The molecule has 2 atom stereocenters. The van der Waals surface area contributed by atoms with Crippen LogP contribution in [0.2, 0.25) is 0 Å². The third-order valence-electron chi connectivity index (χ3n) is 4.61. The highest BCUT2D eigenvalue weighted by Gasteiger charge is 2.50. The van der Waals surface area contributed by atoms with E-state index in [2.05, 4.69) is 5.32 Å². The predicted molar refractivity (Wildman–Crippen MR) is 74.6 cm³/mol. The van der Waals surface area contributed by atoms with Crippen molar-refractivity contribution in [2.45, 2.75) is 25.7 Å². The lowest BCUT2D eigenvalue weighted by atomic mass is 9.67. The van der Waals surface area contributed by atoms with Crippen molar-refractivity contribution in [3.63, 3.8) is 0 Å². The van der Waals surface area contributed by atoms with Crippen molar-refractivity contribution >= 4 is 15.7 Å². The fourth-order valence-corrected chi connectivity index (χ4v) is 4.06. The number of carbonyl (C=O) groups is 1. The molecule has 1 amide bonds. The zero-order chi connectivity index (χ0) is 14.1. The van der Waals surface area contributed by atoms with Gasteiger partial charge in [-0.3, -0.25) is 4.79 Å². The molecule has 5 nitrogen and oxygen atoms in total. The summed E-state index contributed by atoms with van der Waals surface area (Å²) in [5.41, 5.74) is -0.273. The van der Waals surface area contributed by atoms with Gasteiger partial charge in [0.2, 0.25) is 5.91 Å². The van der Waals surface area contributed by atoms with Gasteiger partial charge in [0.05, 0.1) is 11.2 Å². The molecule has 19 heavy (non-hydrogen) atoms. The number of carbonyl (C=O) groups excluding carboxylic acids is 1. The molecule has 1 aliphatic carbocycles. The molecule has 0 aromatic heterocycles. The first-order valence-corrected chi connectivity index (χ1v) is 9.05. The summed E-state index contributed by atoms with van der Waals surface area (Å²) in [5, 5.41) is 3.35. The van der Waals surface area contributed by atoms with Crippen molar-refractivity contribution in [1.82, 2.24) is 10.2 Å². The summed E-state index contributed by atoms with van der Waals surface area (Å²) in [6.45, 7) is 1.97. The van der Waals surface area contributed by atoms with E-state index in [-0.39, 0.29) is 17.1 Å². The molecule has 0 spiro atoms. The van der Waals surface area contributed by atoms with E-state index in [1.54, 1.807) is 11.9 Å². The molecule has 0 aromatic carbocycles. The summed E-state index contributed by atoms with van der Waals surface area (Å²) in [6.07, 6.45) is 5.56. The Morgan fingerprint density at radius 3 is 2.84 bits per heavy atom. The standard InChI is InChI=1S/C13H24N2O3S/c1-15(7-8-19(2,17)18)12(16)13-6-4-3-5-11(13)9-14-10-13/h11,14H,3-10H2,1-2H3/t11-,13+/m0/s1. The topological polar surface area (TPSA) is 66.5 Å². The van der Waals surface area contributed by atoms with E-state index >= 15 is 0 Å². The van der Waals surface area contributed by atoms with Gasteiger partial charge in [-0.1, -0.05) is 12.8 Å². The number of rotatable bonds is 4. The maximum absolute atomic E-state index is 12.7. The van der Waals surface area contributed by atoms with E-state index in [0.29, 0.717) is 12.5 Å². The molecular weight excluding hydrogens is 264 g/mol. The van der Waals surface area contributed by atoms with Crippen molar-refractivity contribution in [2.24, 2.45) is 11.3 Å². The molecule has 1 saturated heterocycles. The Labute approximate surface area is 115 Å². The lowest BCUT2D eigenvalue weighted by Gasteiger charge is -2.39. The van der Waals surface area contributed by atoms with Gasteiger partial charge in [-0.2, -0.15) is 0 Å². The van der Waals surface area contributed by atoms with Gasteiger partial charge in [-0.05, 0) is 25.3 Å². The number of hydrogen-bond acceptors (Lipinski definition) is 4. The van der Waals surface area contributed by atoms with Gasteiger partial charge < -0.3 is 10.2 Å². The number of nitrogens with one attached hydrogen (secondary N) is 1. The number of sulfone groups is 1. The summed E-state index contributed by atoms with van der Waals surface area (Å²) in [5.74, 6) is 0.601. The van der Waals surface area contributed by atoms with E-state index < -0.39 is 9.84 Å². The zero-order valence-electron chi connectivity index (χ0n) is 11.8. The highest BCUT2D eigenvalue weighted by atomic mass is 32.2. The first-order chi connectivity index (χ1) is 8.85. The number of nitrogens with zero attached hydrogens (tertiary/aromatic N) is 1. The normalized spacial score (nSPS) is 30.9. The Kier molecular flexibility index (Phi) is 4.20. The smallest absolute Gasteiger partial charge is 0.230 e. The maximum atomic E-state index is 12.7. The molecule has 0 unspecified atom stereocenters. The van der Waals surface area contributed by atoms with Crippen LogP contribution in [-0.2, 0) is 14.6 Å². The van der Waals surface area contributed by atoms with Gasteiger partial charge in [0.1, 0.15) is 9.84 Å². The van der Waals surface area contributed by atoms with Gasteiger partial charge in [-0.15, -0.1) is 0 Å². The van der Waals surface area contributed by atoms with E-state index in [0.717, 1.165) is 32.4 Å². The molecule has 0 bridgehead atoms. The second kappa shape index (κ2) is 5.40. The first-order valence-electron chi connectivity index (χ1n) is 6.99.